The van der Waals surface area contributed by atoms with E-state index in [0.29, 0.717) is 5.41 Å². The maximum atomic E-state index is 6.94. The third-order valence-corrected chi connectivity index (χ3v) is 1.83. The second-order valence-electron chi connectivity index (χ2n) is 3.52. The molecule has 0 saturated heterocycles. The van der Waals surface area contributed by atoms with Crippen LogP contribution < -0.4 is 5.73 Å². The van der Waals surface area contributed by atoms with Gasteiger partial charge < -0.3 is 5.73 Å². The van der Waals surface area contributed by atoms with E-state index in [-0.39, 0.29) is 22.1 Å². The molecule has 0 heterocycles. The van der Waals surface area contributed by atoms with Crippen molar-refractivity contribution in [3.8, 4) is 0 Å². The maximum absolute atomic E-state index is 6.94. The van der Waals surface area contributed by atoms with E-state index in [1.165, 1.54) is 11.8 Å². The average molecular weight is 241 g/mol. The minimum Gasteiger partial charge on any atom is -0.379 e. The van der Waals surface area contributed by atoms with Crippen molar-refractivity contribution < 1.29 is 0 Å². The van der Waals surface area contributed by atoms with Gasteiger partial charge >= 0.3 is 0 Å². The normalized spacial score (nSPS) is 10.5. The summed E-state index contributed by atoms with van der Waals surface area (Å²) in [7, 11) is 0. The molecule has 0 aliphatic rings. The standard InChI is InChI=1S/C7H16N2S.BrH/c1-7(2,3)4-5-10-6(8)9;/h4-5H2,1-3H3,(H3,8,9);1H. The van der Waals surface area contributed by atoms with Crippen LogP contribution in [0.15, 0.2) is 0 Å². The lowest BCUT2D eigenvalue weighted by Gasteiger charge is -2.16. The molecule has 0 aliphatic carbocycles. The van der Waals surface area contributed by atoms with Crippen LogP contribution in [0.25, 0.3) is 0 Å². The molecule has 0 aromatic carbocycles. The Hall–Kier alpha value is 0.300. The van der Waals surface area contributed by atoms with Crippen molar-refractivity contribution in [1.82, 2.24) is 0 Å². The topological polar surface area (TPSA) is 49.9 Å². The van der Waals surface area contributed by atoms with Gasteiger partial charge in [-0.25, -0.2) is 0 Å². The molecule has 0 bridgehead atoms. The highest BCUT2D eigenvalue weighted by Crippen LogP contribution is 2.20. The van der Waals surface area contributed by atoms with Crippen molar-refractivity contribution in [2.75, 3.05) is 5.75 Å². The maximum Gasteiger partial charge on any atom is 0.151 e. The highest BCUT2D eigenvalue weighted by molar-refractivity contribution is 8.93. The average Bonchev–Trinajstić information content (AvgIpc) is 1.59. The minimum atomic E-state index is 0. The van der Waals surface area contributed by atoms with Crippen LogP contribution in [0.5, 0.6) is 0 Å². The molecule has 0 rings (SSSR count). The van der Waals surface area contributed by atoms with Crippen molar-refractivity contribution in [1.29, 1.82) is 5.41 Å². The first-order chi connectivity index (χ1) is 4.42. The van der Waals surface area contributed by atoms with Crippen molar-refractivity contribution in [3.05, 3.63) is 0 Å². The van der Waals surface area contributed by atoms with Crippen LogP contribution >= 0.6 is 28.7 Å². The summed E-state index contributed by atoms with van der Waals surface area (Å²) in [4.78, 5) is 0. The summed E-state index contributed by atoms with van der Waals surface area (Å²) in [5.41, 5.74) is 5.53. The summed E-state index contributed by atoms with van der Waals surface area (Å²) in [5.74, 6) is 0.957. The quantitative estimate of drug-likeness (QED) is 0.576. The molecule has 0 unspecified atom stereocenters. The first-order valence-electron chi connectivity index (χ1n) is 3.39. The molecule has 0 fully saturated rings. The highest BCUT2D eigenvalue weighted by Gasteiger charge is 2.09. The molecule has 0 amide bonds. The molecule has 0 atom stereocenters. The Morgan fingerprint density at radius 2 is 1.91 bits per heavy atom. The Bertz CT molecular complexity index is 120. The molecule has 0 spiro atoms. The predicted molar refractivity (Wildman–Crippen MR) is 58.8 cm³/mol. The number of hydrogen-bond acceptors (Lipinski definition) is 2. The zero-order valence-corrected chi connectivity index (χ0v) is 9.84. The molecule has 0 saturated carbocycles. The molecule has 0 aromatic rings. The van der Waals surface area contributed by atoms with Gasteiger partial charge in [0.15, 0.2) is 5.17 Å². The number of halogens is 1. The Kier molecular flexibility index (Phi) is 7.42. The molecule has 2 nitrogen and oxygen atoms in total. The fraction of sp³-hybridized carbons (Fsp3) is 0.857. The second-order valence-corrected chi connectivity index (χ2v) is 4.66. The van der Waals surface area contributed by atoms with E-state index >= 15 is 0 Å². The molecular weight excluding hydrogens is 224 g/mol. The SMILES string of the molecule is Br.CC(C)(C)CCSC(=N)N. The Morgan fingerprint density at radius 1 is 1.45 bits per heavy atom. The predicted octanol–water partition coefficient (Wildman–Crippen LogP) is 2.63. The van der Waals surface area contributed by atoms with E-state index in [0.717, 1.165) is 12.2 Å². The highest BCUT2D eigenvalue weighted by atomic mass is 79.9. The largest absolute Gasteiger partial charge is 0.379 e. The molecule has 0 radical (unpaired) electrons. The van der Waals surface area contributed by atoms with Crippen molar-refractivity contribution in [2.45, 2.75) is 27.2 Å². The smallest absolute Gasteiger partial charge is 0.151 e. The lowest BCUT2D eigenvalue weighted by Crippen LogP contribution is -2.10. The van der Waals surface area contributed by atoms with E-state index in [4.69, 9.17) is 11.1 Å². The van der Waals surface area contributed by atoms with Crippen LogP contribution in [-0.4, -0.2) is 10.9 Å². The van der Waals surface area contributed by atoms with Crippen molar-refractivity contribution in [3.63, 3.8) is 0 Å². The molecular formula is C7H17BrN2S. The second kappa shape index (κ2) is 5.89. The van der Waals surface area contributed by atoms with Gasteiger partial charge in [-0.2, -0.15) is 0 Å². The zero-order valence-electron chi connectivity index (χ0n) is 7.31. The lowest BCUT2D eigenvalue weighted by molar-refractivity contribution is 0.402. The van der Waals surface area contributed by atoms with Gasteiger partial charge in [-0.3, -0.25) is 5.41 Å². The summed E-state index contributed by atoms with van der Waals surface area (Å²) in [6.07, 6.45) is 1.11. The molecule has 3 N–H and O–H groups in total. The van der Waals surface area contributed by atoms with Gasteiger partial charge in [0.25, 0.3) is 0 Å². The first-order valence-corrected chi connectivity index (χ1v) is 4.37. The van der Waals surface area contributed by atoms with Crippen molar-refractivity contribution >= 4 is 33.9 Å². The Morgan fingerprint density at radius 3 is 2.18 bits per heavy atom. The molecule has 68 valence electrons. The Balaban J connectivity index is 0. The number of hydrogen-bond donors (Lipinski definition) is 2. The number of thioether (sulfide) groups is 1. The van der Waals surface area contributed by atoms with Gasteiger partial charge in [0.2, 0.25) is 0 Å². The van der Waals surface area contributed by atoms with Crippen LogP contribution in [0.4, 0.5) is 0 Å². The number of nitrogens with two attached hydrogens (primary N) is 1. The van der Waals surface area contributed by atoms with E-state index < -0.39 is 0 Å². The third kappa shape index (κ3) is 13.3. The molecule has 11 heavy (non-hydrogen) atoms. The molecule has 0 aromatic heterocycles. The summed E-state index contributed by atoms with van der Waals surface area (Å²) in [6.45, 7) is 6.56. The van der Waals surface area contributed by atoms with Gasteiger partial charge in [-0.15, -0.1) is 17.0 Å². The number of nitrogens with one attached hydrogen (secondary N) is 1. The van der Waals surface area contributed by atoms with Crippen LogP contribution in [0, 0.1) is 10.8 Å². The summed E-state index contributed by atoms with van der Waals surface area (Å²) in [5, 5.41) is 7.17. The lowest BCUT2D eigenvalue weighted by atomic mass is 9.94. The number of rotatable bonds is 2. The van der Waals surface area contributed by atoms with E-state index in [9.17, 15) is 0 Å². The minimum absolute atomic E-state index is 0. The van der Waals surface area contributed by atoms with Crippen LogP contribution in [0.3, 0.4) is 0 Å². The van der Waals surface area contributed by atoms with Gasteiger partial charge in [0.1, 0.15) is 0 Å². The monoisotopic (exact) mass is 240 g/mol. The fourth-order valence-corrected chi connectivity index (χ4v) is 1.40. The van der Waals surface area contributed by atoms with Gasteiger partial charge in [-0.1, -0.05) is 32.5 Å². The van der Waals surface area contributed by atoms with Crippen molar-refractivity contribution in [2.24, 2.45) is 11.1 Å². The number of amidine groups is 1. The molecule has 0 aliphatic heterocycles. The van der Waals surface area contributed by atoms with Gasteiger partial charge in [0, 0.05) is 5.75 Å². The fourth-order valence-electron chi connectivity index (χ4n) is 0.467. The van der Waals surface area contributed by atoms with E-state index in [1.54, 1.807) is 0 Å². The summed E-state index contributed by atoms with van der Waals surface area (Å²) >= 11 is 1.42. The van der Waals surface area contributed by atoms with Crippen LogP contribution in [0.2, 0.25) is 0 Å². The summed E-state index contributed by atoms with van der Waals surface area (Å²) < 4.78 is 0. The van der Waals surface area contributed by atoms with Gasteiger partial charge in [-0.05, 0) is 11.8 Å². The Labute approximate surface area is 83.6 Å². The molecule has 4 heteroatoms. The zero-order chi connectivity index (χ0) is 8.20. The first kappa shape index (κ1) is 13.9. The van der Waals surface area contributed by atoms with E-state index in [1.807, 2.05) is 0 Å². The summed E-state index contributed by atoms with van der Waals surface area (Å²) in [6, 6.07) is 0. The van der Waals surface area contributed by atoms with Gasteiger partial charge in [0.05, 0.1) is 0 Å². The van der Waals surface area contributed by atoms with E-state index in [2.05, 4.69) is 20.8 Å². The third-order valence-electron chi connectivity index (χ3n) is 1.11. The van der Waals surface area contributed by atoms with Crippen LogP contribution in [0.1, 0.15) is 27.2 Å². The van der Waals surface area contributed by atoms with Crippen LogP contribution in [-0.2, 0) is 0 Å².